The van der Waals surface area contributed by atoms with Crippen molar-refractivity contribution in [3.05, 3.63) is 57.8 Å². The van der Waals surface area contributed by atoms with E-state index in [0.717, 1.165) is 0 Å². The first-order valence-corrected chi connectivity index (χ1v) is 6.91. The molecule has 0 amide bonds. The molecule has 2 aromatic rings. The summed E-state index contributed by atoms with van der Waals surface area (Å²) in [6.07, 6.45) is 1.21. The second-order valence-corrected chi connectivity index (χ2v) is 5.89. The van der Waals surface area contributed by atoms with Crippen LogP contribution >= 0.6 is 27.3 Å². The molecule has 15 heavy (non-hydrogen) atoms. The van der Waals surface area contributed by atoms with Gasteiger partial charge in [-0.05, 0) is 29.0 Å². The molecule has 0 fully saturated rings. The average molecular weight is 279 g/mol. The SMILES string of the molecule is BrC(c1cccs1)C1Cc2ccccc21. The van der Waals surface area contributed by atoms with Crippen molar-refractivity contribution >= 4 is 27.3 Å². The standard InChI is InChI=1S/C13H11BrS/c14-13(12-6-3-7-15-12)11-8-9-4-1-2-5-10(9)11/h1-7,11,13H,8H2. The molecule has 0 radical (unpaired) electrons. The second-order valence-electron chi connectivity index (χ2n) is 3.93. The van der Waals surface area contributed by atoms with Gasteiger partial charge in [-0.1, -0.05) is 46.3 Å². The molecule has 0 N–H and O–H groups in total. The molecular formula is C13H11BrS. The first kappa shape index (κ1) is 9.61. The van der Waals surface area contributed by atoms with Gasteiger partial charge in [-0.15, -0.1) is 11.3 Å². The Bertz CT molecular complexity index is 461. The number of rotatable bonds is 2. The molecule has 3 rings (SSSR count). The lowest BCUT2D eigenvalue weighted by atomic mass is 9.75. The van der Waals surface area contributed by atoms with Gasteiger partial charge in [0.05, 0.1) is 4.83 Å². The third-order valence-corrected chi connectivity index (χ3v) is 5.45. The normalized spacial score (nSPS) is 20.5. The summed E-state index contributed by atoms with van der Waals surface area (Å²) >= 11 is 5.66. The number of benzene rings is 1. The van der Waals surface area contributed by atoms with Gasteiger partial charge < -0.3 is 0 Å². The van der Waals surface area contributed by atoms with Crippen LogP contribution in [0.2, 0.25) is 0 Å². The van der Waals surface area contributed by atoms with Gasteiger partial charge in [0.25, 0.3) is 0 Å². The van der Waals surface area contributed by atoms with Crippen LogP contribution in [0.15, 0.2) is 41.8 Å². The van der Waals surface area contributed by atoms with Crippen LogP contribution in [-0.4, -0.2) is 0 Å². The Morgan fingerprint density at radius 3 is 2.80 bits per heavy atom. The Morgan fingerprint density at radius 1 is 1.20 bits per heavy atom. The molecule has 1 aromatic carbocycles. The average Bonchev–Trinajstić information content (AvgIpc) is 2.72. The van der Waals surface area contributed by atoms with E-state index in [1.165, 1.54) is 22.4 Å². The second kappa shape index (κ2) is 3.76. The molecule has 1 aromatic heterocycles. The van der Waals surface area contributed by atoms with E-state index in [0.29, 0.717) is 10.7 Å². The van der Waals surface area contributed by atoms with Crippen molar-refractivity contribution in [2.24, 2.45) is 0 Å². The molecule has 76 valence electrons. The van der Waals surface area contributed by atoms with Crippen molar-refractivity contribution in [3.63, 3.8) is 0 Å². The van der Waals surface area contributed by atoms with E-state index in [-0.39, 0.29) is 0 Å². The molecule has 2 unspecified atom stereocenters. The van der Waals surface area contributed by atoms with E-state index >= 15 is 0 Å². The highest BCUT2D eigenvalue weighted by Gasteiger charge is 2.32. The summed E-state index contributed by atoms with van der Waals surface area (Å²) in [4.78, 5) is 1.93. The summed E-state index contributed by atoms with van der Waals surface area (Å²) < 4.78 is 0. The van der Waals surface area contributed by atoms with Gasteiger partial charge in [-0.3, -0.25) is 0 Å². The van der Waals surface area contributed by atoms with Crippen molar-refractivity contribution in [3.8, 4) is 0 Å². The van der Waals surface area contributed by atoms with Gasteiger partial charge in [0.1, 0.15) is 0 Å². The fourth-order valence-corrected chi connectivity index (χ4v) is 3.92. The number of fused-ring (bicyclic) bond motifs is 1. The largest absolute Gasteiger partial charge is 0.148 e. The molecule has 0 bridgehead atoms. The maximum atomic E-state index is 3.82. The van der Waals surface area contributed by atoms with E-state index < -0.39 is 0 Å². The number of halogens is 1. The van der Waals surface area contributed by atoms with Crippen molar-refractivity contribution in [1.29, 1.82) is 0 Å². The van der Waals surface area contributed by atoms with Crippen LogP contribution in [0.3, 0.4) is 0 Å². The zero-order chi connectivity index (χ0) is 10.3. The fourth-order valence-electron chi connectivity index (χ4n) is 2.21. The molecule has 0 saturated heterocycles. The van der Waals surface area contributed by atoms with Gasteiger partial charge in [0.15, 0.2) is 0 Å². The van der Waals surface area contributed by atoms with Crippen LogP contribution < -0.4 is 0 Å². The van der Waals surface area contributed by atoms with Crippen LogP contribution in [0.1, 0.15) is 26.7 Å². The quantitative estimate of drug-likeness (QED) is 0.709. The smallest absolute Gasteiger partial charge is 0.0560 e. The number of alkyl halides is 1. The first-order valence-electron chi connectivity index (χ1n) is 5.11. The predicted molar refractivity (Wildman–Crippen MR) is 68.9 cm³/mol. The molecule has 0 saturated carbocycles. The van der Waals surface area contributed by atoms with Gasteiger partial charge in [-0.2, -0.15) is 0 Å². The molecule has 1 aliphatic rings. The van der Waals surface area contributed by atoms with E-state index in [4.69, 9.17) is 0 Å². The number of thiophene rings is 1. The third-order valence-electron chi connectivity index (χ3n) is 3.06. The lowest BCUT2D eigenvalue weighted by Gasteiger charge is -2.33. The van der Waals surface area contributed by atoms with Gasteiger partial charge in [-0.25, -0.2) is 0 Å². The first-order chi connectivity index (χ1) is 7.36. The molecule has 2 atom stereocenters. The lowest BCUT2D eigenvalue weighted by Crippen LogP contribution is -2.20. The summed E-state index contributed by atoms with van der Waals surface area (Å²) in [5.74, 6) is 0.667. The van der Waals surface area contributed by atoms with Crippen molar-refractivity contribution in [2.75, 3.05) is 0 Å². The minimum Gasteiger partial charge on any atom is -0.148 e. The third kappa shape index (κ3) is 1.56. The van der Waals surface area contributed by atoms with Gasteiger partial charge in [0.2, 0.25) is 0 Å². The highest BCUT2D eigenvalue weighted by Crippen LogP contribution is 2.48. The summed E-state index contributed by atoms with van der Waals surface area (Å²) in [5.41, 5.74) is 3.04. The molecular weight excluding hydrogens is 268 g/mol. The summed E-state index contributed by atoms with van der Waals surface area (Å²) in [5, 5.41) is 2.15. The van der Waals surface area contributed by atoms with Crippen LogP contribution in [-0.2, 0) is 6.42 Å². The van der Waals surface area contributed by atoms with Crippen LogP contribution in [0.25, 0.3) is 0 Å². The maximum Gasteiger partial charge on any atom is 0.0560 e. The van der Waals surface area contributed by atoms with E-state index in [9.17, 15) is 0 Å². The Hall–Kier alpha value is -0.600. The van der Waals surface area contributed by atoms with Crippen LogP contribution in [0, 0.1) is 0 Å². The van der Waals surface area contributed by atoms with Crippen molar-refractivity contribution < 1.29 is 0 Å². The fraction of sp³-hybridized carbons (Fsp3) is 0.231. The molecule has 0 nitrogen and oxygen atoms in total. The molecule has 0 aliphatic heterocycles. The van der Waals surface area contributed by atoms with E-state index in [1.807, 2.05) is 11.3 Å². The number of hydrogen-bond acceptors (Lipinski definition) is 1. The summed E-state index contributed by atoms with van der Waals surface area (Å²) in [7, 11) is 0. The minimum atomic E-state index is 0.493. The monoisotopic (exact) mass is 278 g/mol. The Labute approximate surface area is 102 Å². The maximum absolute atomic E-state index is 3.82. The Balaban J connectivity index is 1.88. The topological polar surface area (TPSA) is 0 Å². The number of hydrogen-bond donors (Lipinski definition) is 0. The van der Waals surface area contributed by atoms with Crippen LogP contribution in [0.4, 0.5) is 0 Å². The van der Waals surface area contributed by atoms with Crippen LogP contribution in [0.5, 0.6) is 0 Å². The Morgan fingerprint density at radius 2 is 2.07 bits per heavy atom. The highest BCUT2D eigenvalue weighted by atomic mass is 79.9. The van der Waals surface area contributed by atoms with E-state index in [2.05, 4.69) is 57.7 Å². The lowest BCUT2D eigenvalue weighted by molar-refractivity contribution is 0.605. The molecule has 1 heterocycles. The zero-order valence-corrected chi connectivity index (χ0v) is 10.6. The molecule has 0 spiro atoms. The van der Waals surface area contributed by atoms with Crippen molar-refractivity contribution in [1.82, 2.24) is 0 Å². The summed E-state index contributed by atoms with van der Waals surface area (Å²) in [6.45, 7) is 0. The van der Waals surface area contributed by atoms with E-state index in [1.54, 1.807) is 0 Å². The predicted octanol–water partition coefficient (Wildman–Crippen LogP) is 4.52. The zero-order valence-electron chi connectivity index (χ0n) is 8.19. The summed E-state index contributed by atoms with van der Waals surface area (Å²) in [6, 6.07) is 13.1. The highest BCUT2D eigenvalue weighted by molar-refractivity contribution is 9.09. The molecule has 2 heteroatoms. The van der Waals surface area contributed by atoms with Gasteiger partial charge in [0, 0.05) is 10.8 Å². The Kier molecular flexibility index (Phi) is 2.41. The molecule has 1 aliphatic carbocycles. The van der Waals surface area contributed by atoms with Gasteiger partial charge >= 0.3 is 0 Å². The van der Waals surface area contributed by atoms with Crippen molar-refractivity contribution in [2.45, 2.75) is 17.2 Å². The minimum absolute atomic E-state index is 0.493.